The third kappa shape index (κ3) is 3.24. The summed E-state index contributed by atoms with van der Waals surface area (Å²) in [5, 5.41) is 0. The summed E-state index contributed by atoms with van der Waals surface area (Å²) in [5.74, 6) is 0.263. The highest BCUT2D eigenvalue weighted by Crippen LogP contribution is 2.05. The van der Waals surface area contributed by atoms with E-state index in [1.54, 1.807) is 0 Å². The number of hydrogen-bond acceptors (Lipinski definition) is 3. The predicted molar refractivity (Wildman–Crippen MR) is 56.3 cm³/mol. The summed E-state index contributed by atoms with van der Waals surface area (Å²) < 4.78 is 5.26. The van der Waals surface area contributed by atoms with Crippen LogP contribution in [0.25, 0.3) is 0 Å². The number of rotatable bonds is 4. The van der Waals surface area contributed by atoms with E-state index in [0.717, 1.165) is 38.4 Å². The molecule has 0 amide bonds. The van der Waals surface area contributed by atoms with Gasteiger partial charge in [-0.15, -0.1) is 0 Å². The lowest BCUT2D eigenvalue weighted by Crippen LogP contribution is -2.38. The Morgan fingerprint density at radius 2 is 2.07 bits per heavy atom. The maximum atomic E-state index is 11.5. The molecule has 0 spiro atoms. The van der Waals surface area contributed by atoms with Crippen LogP contribution >= 0.6 is 0 Å². The van der Waals surface area contributed by atoms with Gasteiger partial charge in [0.2, 0.25) is 0 Å². The summed E-state index contributed by atoms with van der Waals surface area (Å²) >= 11 is 0. The molecule has 1 heterocycles. The lowest BCUT2D eigenvalue weighted by molar-refractivity contribution is -0.115. The van der Waals surface area contributed by atoms with Gasteiger partial charge >= 0.3 is 0 Å². The third-order valence-electron chi connectivity index (χ3n) is 2.53. The number of ether oxygens (including phenoxy) is 1. The Kier molecular flexibility index (Phi) is 4.84. The van der Waals surface area contributed by atoms with Crippen molar-refractivity contribution in [2.24, 2.45) is 0 Å². The van der Waals surface area contributed by atoms with Crippen molar-refractivity contribution in [1.82, 2.24) is 4.90 Å². The van der Waals surface area contributed by atoms with Crippen molar-refractivity contribution in [3.05, 3.63) is 11.6 Å². The second kappa shape index (κ2) is 5.94. The van der Waals surface area contributed by atoms with Gasteiger partial charge in [0.1, 0.15) is 0 Å². The number of nitrogens with zero attached hydrogens (tertiary/aromatic N) is 1. The number of ketones is 1. The van der Waals surface area contributed by atoms with Crippen LogP contribution in [0.3, 0.4) is 0 Å². The van der Waals surface area contributed by atoms with Crippen molar-refractivity contribution in [3.63, 3.8) is 0 Å². The molecule has 1 saturated heterocycles. The summed E-state index contributed by atoms with van der Waals surface area (Å²) in [6, 6.07) is 0. The Morgan fingerprint density at radius 3 is 2.57 bits per heavy atom. The first-order valence-corrected chi connectivity index (χ1v) is 5.26. The minimum absolute atomic E-state index is 0.263. The van der Waals surface area contributed by atoms with Gasteiger partial charge in [0.25, 0.3) is 0 Å². The molecule has 0 aromatic rings. The molecule has 1 fully saturated rings. The van der Waals surface area contributed by atoms with Gasteiger partial charge in [-0.1, -0.05) is 13.0 Å². The topological polar surface area (TPSA) is 29.5 Å². The van der Waals surface area contributed by atoms with Crippen LogP contribution in [0.4, 0.5) is 0 Å². The van der Waals surface area contributed by atoms with Crippen molar-refractivity contribution in [2.75, 3.05) is 32.8 Å². The van der Waals surface area contributed by atoms with E-state index in [9.17, 15) is 4.79 Å². The molecule has 0 N–H and O–H groups in total. The highest BCUT2D eigenvalue weighted by atomic mass is 16.5. The van der Waals surface area contributed by atoms with E-state index in [-0.39, 0.29) is 5.78 Å². The Hall–Kier alpha value is -0.670. The number of carbonyl (C=O) groups is 1. The van der Waals surface area contributed by atoms with Crippen LogP contribution in [0.5, 0.6) is 0 Å². The molecule has 0 aliphatic carbocycles. The molecule has 0 aromatic carbocycles. The van der Waals surface area contributed by atoms with Gasteiger partial charge in [-0.05, 0) is 6.92 Å². The van der Waals surface area contributed by atoms with E-state index in [0.29, 0.717) is 6.42 Å². The largest absolute Gasteiger partial charge is 0.379 e. The molecular weight excluding hydrogens is 178 g/mol. The van der Waals surface area contributed by atoms with Crippen LogP contribution in [0.2, 0.25) is 0 Å². The Bertz CT molecular complexity index is 217. The van der Waals surface area contributed by atoms with Gasteiger partial charge < -0.3 is 4.74 Å². The molecule has 3 nitrogen and oxygen atoms in total. The molecule has 0 radical (unpaired) electrons. The molecule has 0 unspecified atom stereocenters. The number of carbonyl (C=O) groups excluding carboxylic acids is 1. The van der Waals surface area contributed by atoms with Gasteiger partial charge in [0.15, 0.2) is 5.78 Å². The smallest absolute Gasteiger partial charge is 0.159 e. The first-order chi connectivity index (χ1) is 6.77. The van der Waals surface area contributed by atoms with E-state index >= 15 is 0 Å². The molecule has 3 heteroatoms. The molecule has 14 heavy (non-hydrogen) atoms. The lowest BCUT2D eigenvalue weighted by atomic mass is 10.1. The van der Waals surface area contributed by atoms with Crippen LogP contribution in [-0.4, -0.2) is 43.5 Å². The summed E-state index contributed by atoms with van der Waals surface area (Å²) in [7, 11) is 0. The van der Waals surface area contributed by atoms with E-state index in [4.69, 9.17) is 4.74 Å². The number of morpholine rings is 1. The zero-order valence-electron chi connectivity index (χ0n) is 9.08. The van der Waals surface area contributed by atoms with Crippen molar-refractivity contribution < 1.29 is 9.53 Å². The maximum Gasteiger partial charge on any atom is 0.159 e. The zero-order valence-corrected chi connectivity index (χ0v) is 9.08. The second-order valence-electron chi connectivity index (χ2n) is 3.48. The zero-order chi connectivity index (χ0) is 10.4. The predicted octanol–water partition coefficient (Wildman–Crippen LogP) is 1.24. The van der Waals surface area contributed by atoms with Gasteiger partial charge in [0.05, 0.1) is 13.2 Å². The quantitative estimate of drug-likeness (QED) is 0.635. The Morgan fingerprint density at radius 1 is 1.43 bits per heavy atom. The number of Topliss-reactive ketones (excluding diaryl/α,β-unsaturated/α-hetero) is 1. The summed E-state index contributed by atoms with van der Waals surface area (Å²) in [6.45, 7) is 8.08. The van der Waals surface area contributed by atoms with Gasteiger partial charge in [-0.2, -0.15) is 0 Å². The van der Waals surface area contributed by atoms with Crippen LogP contribution in [-0.2, 0) is 9.53 Å². The number of allylic oxidation sites excluding steroid dienone is 1. The van der Waals surface area contributed by atoms with Crippen molar-refractivity contribution >= 4 is 5.78 Å². The molecule has 0 aromatic heterocycles. The fourth-order valence-corrected chi connectivity index (χ4v) is 1.57. The fourth-order valence-electron chi connectivity index (χ4n) is 1.57. The lowest BCUT2D eigenvalue weighted by Gasteiger charge is -2.27. The van der Waals surface area contributed by atoms with Gasteiger partial charge in [-0.3, -0.25) is 9.69 Å². The average Bonchev–Trinajstić information content (AvgIpc) is 2.26. The van der Waals surface area contributed by atoms with Crippen LogP contribution in [0, 0.1) is 0 Å². The molecule has 80 valence electrons. The minimum Gasteiger partial charge on any atom is -0.379 e. The number of hydrogen-bond donors (Lipinski definition) is 0. The van der Waals surface area contributed by atoms with Crippen LogP contribution < -0.4 is 0 Å². The highest BCUT2D eigenvalue weighted by Gasteiger charge is 2.14. The second-order valence-corrected chi connectivity index (χ2v) is 3.48. The highest BCUT2D eigenvalue weighted by molar-refractivity contribution is 5.95. The average molecular weight is 197 g/mol. The van der Waals surface area contributed by atoms with Crippen molar-refractivity contribution in [1.29, 1.82) is 0 Å². The van der Waals surface area contributed by atoms with E-state index in [2.05, 4.69) is 4.90 Å². The first-order valence-electron chi connectivity index (χ1n) is 5.26. The Balaban J connectivity index is 2.43. The van der Waals surface area contributed by atoms with Crippen LogP contribution in [0.15, 0.2) is 11.6 Å². The molecular formula is C11H19NO2. The fraction of sp³-hybridized carbons (Fsp3) is 0.727. The van der Waals surface area contributed by atoms with Crippen LogP contribution in [0.1, 0.15) is 20.3 Å². The summed E-state index contributed by atoms with van der Waals surface area (Å²) in [6.07, 6.45) is 2.53. The first kappa shape index (κ1) is 11.4. The maximum absolute atomic E-state index is 11.5. The minimum atomic E-state index is 0.263. The molecule has 1 rings (SSSR count). The monoisotopic (exact) mass is 197 g/mol. The van der Waals surface area contributed by atoms with Crippen molar-refractivity contribution in [2.45, 2.75) is 20.3 Å². The molecule has 0 atom stereocenters. The van der Waals surface area contributed by atoms with E-state index in [1.165, 1.54) is 0 Å². The molecule has 1 aliphatic heterocycles. The molecule has 1 aliphatic rings. The van der Waals surface area contributed by atoms with Crippen molar-refractivity contribution in [3.8, 4) is 0 Å². The van der Waals surface area contributed by atoms with E-state index in [1.807, 2.05) is 19.9 Å². The normalized spacial score (nSPS) is 19.7. The third-order valence-corrected chi connectivity index (χ3v) is 2.53. The van der Waals surface area contributed by atoms with Gasteiger partial charge in [0, 0.05) is 31.6 Å². The molecule has 0 bridgehead atoms. The Labute approximate surface area is 85.7 Å². The van der Waals surface area contributed by atoms with E-state index < -0.39 is 0 Å². The molecule has 0 saturated carbocycles. The SMILES string of the molecule is C/C=C(/CN1CCOCC1)C(=O)CC. The standard InChI is InChI=1S/C11H19NO2/c1-3-10(11(13)4-2)9-12-5-7-14-8-6-12/h3H,4-9H2,1-2H3/b10-3-. The summed E-state index contributed by atoms with van der Waals surface area (Å²) in [5.41, 5.74) is 0.939. The van der Waals surface area contributed by atoms with Gasteiger partial charge in [-0.25, -0.2) is 0 Å². The summed E-state index contributed by atoms with van der Waals surface area (Å²) in [4.78, 5) is 13.8.